The SMILES string of the molecule is CC(C)COc1ccc(N2C(=O)C(=O)/C(=C(\O)c3ccncc3)C2c2cccc(O)c2)cc1. The Balaban J connectivity index is 1.82. The van der Waals surface area contributed by atoms with Crippen LogP contribution >= 0.6 is 0 Å². The van der Waals surface area contributed by atoms with Crippen molar-refractivity contribution in [2.24, 2.45) is 5.92 Å². The summed E-state index contributed by atoms with van der Waals surface area (Å²) < 4.78 is 5.72. The highest BCUT2D eigenvalue weighted by atomic mass is 16.5. The van der Waals surface area contributed by atoms with Gasteiger partial charge in [0.05, 0.1) is 18.2 Å². The number of ketones is 1. The number of nitrogens with zero attached hydrogens (tertiary/aromatic N) is 2. The van der Waals surface area contributed by atoms with Crippen molar-refractivity contribution in [2.75, 3.05) is 11.5 Å². The molecular formula is C26H24N2O5. The van der Waals surface area contributed by atoms with E-state index in [9.17, 15) is 19.8 Å². The zero-order valence-electron chi connectivity index (χ0n) is 18.3. The van der Waals surface area contributed by atoms with Gasteiger partial charge in [-0.15, -0.1) is 0 Å². The van der Waals surface area contributed by atoms with E-state index in [1.54, 1.807) is 48.5 Å². The van der Waals surface area contributed by atoms with Gasteiger partial charge in [-0.05, 0) is 60.0 Å². The van der Waals surface area contributed by atoms with Gasteiger partial charge in [0.25, 0.3) is 11.7 Å². The highest BCUT2D eigenvalue weighted by Gasteiger charge is 2.47. The number of anilines is 1. The first-order valence-corrected chi connectivity index (χ1v) is 10.6. The maximum atomic E-state index is 13.1. The number of carbonyl (C=O) groups is 2. The molecule has 2 N–H and O–H groups in total. The summed E-state index contributed by atoms with van der Waals surface area (Å²) in [6.07, 6.45) is 2.98. The number of aliphatic hydroxyl groups is 1. The lowest BCUT2D eigenvalue weighted by atomic mass is 9.95. The average Bonchev–Trinajstić information content (AvgIpc) is 3.08. The molecular weight excluding hydrogens is 420 g/mol. The van der Waals surface area contributed by atoms with E-state index in [-0.39, 0.29) is 17.1 Å². The van der Waals surface area contributed by atoms with Gasteiger partial charge in [-0.3, -0.25) is 19.5 Å². The number of rotatable bonds is 6. The molecule has 0 bridgehead atoms. The van der Waals surface area contributed by atoms with Crippen molar-refractivity contribution < 1.29 is 24.5 Å². The van der Waals surface area contributed by atoms with E-state index in [1.807, 2.05) is 13.8 Å². The fourth-order valence-electron chi connectivity index (χ4n) is 3.74. The Morgan fingerprint density at radius 3 is 2.39 bits per heavy atom. The molecule has 7 nitrogen and oxygen atoms in total. The molecule has 0 saturated carbocycles. The largest absolute Gasteiger partial charge is 0.508 e. The van der Waals surface area contributed by atoms with Crippen LogP contribution < -0.4 is 9.64 Å². The van der Waals surface area contributed by atoms with E-state index in [4.69, 9.17) is 4.74 Å². The van der Waals surface area contributed by atoms with Gasteiger partial charge in [-0.25, -0.2) is 0 Å². The van der Waals surface area contributed by atoms with E-state index in [0.717, 1.165) is 0 Å². The third-order valence-electron chi connectivity index (χ3n) is 5.28. The van der Waals surface area contributed by atoms with Gasteiger partial charge >= 0.3 is 0 Å². The van der Waals surface area contributed by atoms with Crippen molar-refractivity contribution in [3.8, 4) is 11.5 Å². The summed E-state index contributed by atoms with van der Waals surface area (Å²) in [5.41, 5.74) is 1.27. The molecule has 0 radical (unpaired) electrons. The number of amides is 1. The number of hydrogen-bond acceptors (Lipinski definition) is 6. The molecule has 1 aliphatic heterocycles. The van der Waals surface area contributed by atoms with E-state index in [2.05, 4.69) is 4.98 Å². The first-order valence-electron chi connectivity index (χ1n) is 10.6. The predicted octanol–water partition coefficient (Wildman–Crippen LogP) is 4.45. The summed E-state index contributed by atoms with van der Waals surface area (Å²) in [7, 11) is 0. The molecule has 0 spiro atoms. The summed E-state index contributed by atoms with van der Waals surface area (Å²) in [6.45, 7) is 4.65. The van der Waals surface area contributed by atoms with Crippen LogP contribution in [0, 0.1) is 5.92 Å². The molecule has 4 rings (SSSR count). The van der Waals surface area contributed by atoms with Crippen LogP contribution in [0.4, 0.5) is 5.69 Å². The number of benzene rings is 2. The molecule has 1 aliphatic rings. The quantitative estimate of drug-likeness (QED) is 0.331. The Morgan fingerprint density at radius 1 is 1.06 bits per heavy atom. The monoisotopic (exact) mass is 444 g/mol. The fourth-order valence-corrected chi connectivity index (χ4v) is 3.74. The molecule has 168 valence electrons. The van der Waals surface area contributed by atoms with Gasteiger partial charge in [-0.1, -0.05) is 26.0 Å². The second-order valence-electron chi connectivity index (χ2n) is 8.20. The smallest absolute Gasteiger partial charge is 0.300 e. The third-order valence-corrected chi connectivity index (χ3v) is 5.28. The van der Waals surface area contributed by atoms with Crippen molar-refractivity contribution in [1.29, 1.82) is 0 Å². The van der Waals surface area contributed by atoms with Crippen LogP contribution in [-0.4, -0.2) is 33.5 Å². The lowest BCUT2D eigenvalue weighted by Crippen LogP contribution is -2.29. The Labute approximate surface area is 191 Å². The predicted molar refractivity (Wildman–Crippen MR) is 124 cm³/mol. The van der Waals surface area contributed by atoms with Crippen LogP contribution in [0.3, 0.4) is 0 Å². The van der Waals surface area contributed by atoms with Crippen LogP contribution in [0.5, 0.6) is 11.5 Å². The summed E-state index contributed by atoms with van der Waals surface area (Å²) in [5, 5.41) is 21.1. The van der Waals surface area contributed by atoms with Gasteiger partial charge in [0.1, 0.15) is 17.3 Å². The summed E-state index contributed by atoms with van der Waals surface area (Å²) in [5.74, 6) is -0.883. The Hall–Kier alpha value is -4.13. The van der Waals surface area contributed by atoms with Gasteiger partial charge < -0.3 is 14.9 Å². The maximum absolute atomic E-state index is 13.1. The molecule has 0 aliphatic carbocycles. The van der Waals surface area contributed by atoms with Crippen LogP contribution in [0.2, 0.25) is 0 Å². The molecule has 2 aromatic carbocycles. The Morgan fingerprint density at radius 2 is 1.76 bits per heavy atom. The van der Waals surface area contributed by atoms with Gasteiger partial charge in [0, 0.05) is 23.6 Å². The minimum atomic E-state index is -0.923. The number of aliphatic hydroxyl groups excluding tert-OH is 1. The number of pyridine rings is 1. The third kappa shape index (κ3) is 4.43. The first kappa shape index (κ1) is 22.1. The fraction of sp³-hybridized carbons (Fsp3) is 0.192. The van der Waals surface area contributed by atoms with E-state index in [0.29, 0.717) is 35.1 Å². The van der Waals surface area contributed by atoms with Crippen molar-refractivity contribution in [1.82, 2.24) is 4.98 Å². The van der Waals surface area contributed by atoms with Crippen molar-refractivity contribution in [3.05, 3.63) is 89.8 Å². The number of aromatic hydroxyl groups is 1. The number of phenols is 1. The summed E-state index contributed by atoms with van der Waals surface area (Å²) in [4.78, 5) is 31.5. The van der Waals surface area contributed by atoms with Gasteiger partial charge in [-0.2, -0.15) is 0 Å². The van der Waals surface area contributed by atoms with Gasteiger partial charge in [0.15, 0.2) is 0 Å². The lowest BCUT2D eigenvalue weighted by Gasteiger charge is -2.25. The molecule has 1 saturated heterocycles. The topological polar surface area (TPSA) is 100.0 Å². The first-order chi connectivity index (χ1) is 15.9. The zero-order chi connectivity index (χ0) is 23.5. The number of hydrogen-bond donors (Lipinski definition) is 2. The maximum Gasteiger partial charge on any atom is 0.300 e. The van der Waals surface area contributed by atoms with Crippen molar-refractivity contribution in [3.63, 3.8) is 0 Å². The molecule has 1 amide bonds. The molecule has 33 heavy (non-hydrogen) atoms. The number of ether oxygens (including phenoxy) is 1. The molecule has 3 aromatic rings. The highest BCUT2D eigenvalue weighted by molar-refractivity contribution is 6.51. The number of aromatic nitrogens is 1. The van der Waals surface area contributed by atoms with Crippen LogP contribution in [-0.2, 0) is 9.59 Å². The molecule has 2 heterocycles. The summed E-state index contributed by atoms with van der Waals surface area (Å²) >= 11 is 0. The van der Waals surface area contributed by atoms with Crippen LogP contribution in [0.25, 0.3) is 5.76 Å². The zero-order valence-corrected chi connectivity index (χ0v) is 18.3. The minimum Gasteiger partial charge on any atom is -0.508 e. The second kappa shape index (κ2) is 9.16. The summed E-state index contributed by atoms with van der Waals surface area (Å²) in [6, 6.07) is 15.4. The highest BCUT2D eigenvalue weighted by Crippen LogP contribution is 2.43. The average molecular weight is 444 g/mol. The van der Waals surface area contributed by atoms with Crippen molar-refractivity contribution >= 4 is 23.1 Å². The number of carbonyl (C=O) groups excluding carboxylic acids is 2. The molecule has 1 aromatic heterocycles. The van der Waals surface area contributed by atoms with E-state index < -0.39 is 17.7 Å². The van der Waals surface area contributed by atoms with E-state index >= 15 is 0 Å². The molecule has 7 heteroatoms. The molecule has 1 atom stereocenters. The Bertz CT molecular complexity index is 1200. The minimum absolute atomic E-state index is 0.0144. The standard InChI is InChI=1S/C26H24N2O5/c1-16(2)15-33-21-8-6-19(7-9-21)28-23(18-4-3-5-20(29)14-18)22(25(31)26(28)32)24(30)17-10-12-27-13-11-17/h3-14,16,23,29-30H,15H2,1-2H3/b24-22-. The van der Waals surface area contributed by atoms with Crippen LogP contribution in [0.1, 0.15) is 31.0 Å². The lowest BCUT2D eigenvalue weighted by molar-refractivity contribution is -0.132. The Kier molecular flexibility index (Phi) is 6.13. The second-order valence-corrected chi connectivity index (χ2v) is 8.20. The van der Waals surface area contributed by atoms with Gasteiger partial charge in [0.2, 0.25) is 0 Å². The van der Waals surface area contributed by atoms with Crippen LogP contribution in [0.15, 0.2) is 78.6 Å². The molecule has 1 unspecified atom stereocenters. The molecule has 1 fully saturated rings. The normalized spacial score (nSPS) is 17.5. The number of Topliss-reactive ketones (excluding diaryl/α,β-unsaturated/α-hetero) is 1. The van der Waals surface area contributed by atoms with E-state index in [1.165, 1.54) is 29.4 Å². The number of phenolic OH excluding ortho intramolecular Hbond substituents is 1. The van der Waals surface area contributed by atoms with Crippen molar-refractivity contribution in [2.45, 2.75) is 19.9 Å².